The van der Waals surface area contributed by atoms with Crippen molar-refractivity contribution in [1.82, 2.24) is 15.0 Å². The maximum absolute atomic E-state index is 10.2. The number of thioether (sulfide) groups is 1. The number of aromatic amines is 1. The van der Waals surface area contributed by atoms with Gasteiger partial charge < -0.3 is 15.4 Å². The van der Waals surface area contributed by atoms with Crippen molar-refractivity contribution in [2.45, 2.75) is 17.5 Å². The van der Waals surface area contributed by atoms with E-state index in [2.05, 4.69) is 36.3 Å². The quantitative estimate of drug-likeness (QED) is 0.340. The number of hydrogen-bond donors (Lipinski definition) is 3. The maximum atomic E-state index is 10.2. The molecule has 0 saturated carbocycles. The number of benzene rings is 2. The molecule has 2 aromatic carbocycles. The lowest BCUT2D eigenvalue weighted by molar-refractivity contribution is 0.453. The van der Waals surface area contributed by atoms with Gasteiger partial charge >= 0.3 is 0 Å². The van der Waals surface area contributed by atoms with Gasteiger partial charge in [0.1, 0.15) is 12.0 Å². The average molecular weight is 421 g/mol. The molecule has 0 radical (unpaired) electrons. The van der Waals surface area contributed by atoms with Crippen molar-refractivity contribution in [2.75, 3.05) is 5.32 Å². The van der Waals surface area contributed by atoms with E-state index in [4.69, 9.17) is 0 Å². The first-order valence-corrected chi connectivity index (χ1v) is 10.7. The van der Waals surface area contributed by atoms with E-state index in [-0.39, 0.29) is 11.3 Å². The van der Waals surface area contributed by atoms with E-state index in [0.717, 1.165) is 32.2 Å². The van der Waals surface area contributed by atoms with Crippen LogP contribution in [0.3, 0.4) is 0 Å². The molecule has 29 heavy (non-hydrogen) atoms. The summed E-state index contributed by atoms with van der Waals surface area (Å²) in [5.41, 5.74) is 5.25. The first kappa shape index (κ1) is 17.9. The Morgan fingerprint density at radius 1 is 1.24 bits per heavy atom. The molecule has 144 valence electrons. The fourth-order valence-electron chi connectivity index (χ4n) is 3.05. The highest BCUT2D eigenvalue weighted by Gasteiger charge is 2.12. The van der Waals surface area contributed by atoms with Crippen molar-refractivity contribution in [1.29, 1.82) is 0 Å². The molecule has 0 saturated heterocycles. The summed E-state index contributed by atoms with van der Waals surface area (Å²) in [7, 11) is 0. The molecule has 3 N–H and O–H groups in total. The molecule has 0 amide bonds. The molecule has 3 heterocycles. The van der Waals surface area contributed by atoms with Crippen molar-refractivity contribution in [3.8, 4) is 5.88 Å². The molecule has 1 unspecified atom stereocenters. The number of aromatic hydroxyl groups is 1. The lowest BCUT2D eigenvalue weighted by atomic mass is 10.2. The number of nitrogens with zero attached hydrogens (tertiary/aromatic N) is 4. The Hall–Kier alpha value is -3.17. The summed E-state index contributed by atoms with van der Waals surface area (Å²) in [6.45, 7) is 2.05. The van der Waals surface area contributed by atoms with Gasteiger partial charge in [0.2, 0.25) is 5.88 Å². The van der Waals surface area contributed by atoms with Crippen LogP contribution in [0.15, 0.2) is 57.0 Å². The van der Waals surface area contributed by atoms with Gasteiger partial charge in [-0.1, -0.05) is 17.8 Å². The minimum Gasteiger partial charge on any atom is -0.492 e. The van der Waals surface area contributed by atoms with Gasteiger partial charge in [0.05, 0.1) is 32.1 Å². The van der Waals surface area contributed by atoms with Crippen LogP contribution in [0.2, 0.25) is 0 Å². The zero-order valence-electron chi connectivity index (χ0n) is 15.3. The maximum Gasteiger partial charge on any atom is 0.237 e. The fraction of sp³-hybridized carbons (Fsp3) is 0.100. The molecule has 1 atom stereocenters. The Balaban J connectivity index is 1.32. The predicted molar refractivity (Wildman–Crippen MR) is 118 cm³/mol. The lowest BCUT2D eigenvalue weighted by Gasteiger charge is -2.13. The van der Waals surface area contributed by atoms with E-state index in [9.17, 15) is 5.11 Å². The molecule has 1 aliphatic heterocycles. The topological polar surface area (TPSA) is 98.6 Å². The molecule has 0 spiro atoms. The normalized spacial score (nSPS) is 14.2. The number of anilines is 1. The third kappa shape index (κ3) is 3.74. The van der Waals surface area contributed by atoms with Crippen molar-refractivity contribution in [3.05, 3.63) is 58.2 Å². The fourth-order valence-corrected chi connectivity index (χ4v) is 4.61. The van der Waals surface area contributed by atoms with Gasteiger partial charge in [-0.15, -0.1) is 11.3 Å². The molecule has 4 aromatic rings. The van der Waals surface area contributed by atoms with E-state index in [1.165, 1.54) is 18.1 Å². The molecule has 2 aromatic heterocycles. The minimum absolute atomic E-state index is 0.0283. The molecular formula is C20H16N6OS2. The summed E-state index contributed by atoms with van der Waals surface area (Å²) >= 11 is 3.12. The zero-order chi connectivity index (χ0) is 19.8. The van der Waals surface area contributed by atoms with Crippen LogP contribution in [0, 0.1) is 0 Å². The molecule has 0 fully saturated rings. The SMILES string of the molecule is CC(Nc1ccc2ncsc2c1)Sc1nc(O)c(C=c2ccc3c(c2)N=CN=3)[nH]1. The minimum atomic E-state index is -0.0283. The van der Waals surface area contributed by atoms with Crippen LogP contribution in [-0.4, -0.2) is 31.8 Å². The first-order chi connectivity index (χ1) is 14.1. The van der Waals surface area contributed by atoms with E-state index in [0.29, 0.717) is 10.9 Å². The summed E-state index contributed by atoms with van der Waals surface area (Å²) in [6, 6.07) is 11.9. The Kier molecular flexibility index (Phi) is 4.53. The summed E-state index contributed by atoms with van der Waals surface area (Å²) in [5.74, 6) is -0.0283. The van der Waals surface area contributed by atoms with Crippen molar-refractivity contribution in [3.63, 3.8) is 0 Å². The van der Waals surface area contributed by atoms with Crippen LogP contribution >= 0.6 is 23.1 Å². The number of hydrogen-bond acceptors (Lipinski definition) is 8. The number of fused-ring (bicyclic) bond motifs is 2. The van der Waals surface area contributed by atoms with Gasteiger partial charge in [-0.05, 0) is 48.6 Å². The number of aliphatic imine (C=N–C) groups is 1. The largest absolute Gasteiger partial charge is 0.492 e. The Morgan fingerprint density at radius 2 is 2.17 bits per heavy atom. The summed E-state index contributed by atoms with van der Waals surface area (Å²) < 4.78 is 1.14. The van der Waals surface area contributed by atoms with Crippen LogP contribution in [0.5, 0.6) is 5.88 Å². The van der Waals surface area contributed by atoms with Crippen molar-refractivity contribution in [2.24, 2.45) is 9.98 Å². The molecule has 7 nitrogen and oxygen atoms in total. The van der Waals surface area contributed by atoms with Crippen LogP contribution < -0.4 is 15.9 Å². The molecular weight excluding hydrogens is 404 g/mol. The van der Waals surface area contributed by atoms with E-state index in [1.807, 2.05) is 48.8 Å². The second kappa shape index (κ2) is 7.34. The van der Waals surface area contributed by atoms with Crippen LogP contribution in [-0.2, 0) is 0 Å². The number of rotatable bonds is 5. The third-order valence-electron chi connectivity index (χ3n) is 4.38. The zero-order valence-corrected chi connectivity index (χ0v) is 17.0. The number of nitrogens with one attached hydrogen (secondary N) is 2. The van der Waals surface area contributed by atoms with Gasteiger partial charge in [0, 0.05) is 5.69 Å². The number of H-pyrrole nitrogens is 1. The standard InChI is InChI=1S/C20H16N6OS2/c1-11(24-13-3-5-15-18(8-13)28-10-23-15)29-20-25-17(19(27)26-20)7-12-2-4-14-16(6-12)22-9-21-14/h2-11,24,27H,1H3,(H,25,26). The number of aromatic nitrogens is 3. The number of thiazole rings is 1. The van der Waals surface area contributed by atoms with Gasteiger partial charge in [-0.2, -0.15) is 4.98 Å². The first-order valence-electron chi connectivity index (χ1n) is 8.92. The van der Waals surface area contributed by atoms with Gasteiger partial charge in [-0.3, -0.25) is 0 Å². The van der Waals surface area contributed by atoms with E-state index >= 15 is 0 Å². The van der Waals surface area contributed by atoms with Gasteiger partial charge in [0.15, 0.2) is 5.16 Å². The van der Waals surface area contributed by atoms with Crippen molar-refractivity contribution < 1.29 is 5.11 Å². The molecule has 0 aliphatic carbocycles. The van der Waals surface area contributed by atoms with Crippen LogP contribution in [0.4, 0.5) is 11.4 Å². The van der Waals surface area contributed by atoms with E-state index < -0.39 is 0 Å². The molecule has 5 rings (SSSR count). The Bertz CT molecular complexity index is 1360. The van der Waals surface area contributed by atoms with E-state index in [1.54, 1.807) is 11.3 Å². The Morgan fingerprint density at radius 3 is 3.10 bits per heavy atom. The van der Waals surface area contributed by atoms with Crippen molar-refractivity contribution >= 4 is 57.1 Å². The number of imidazole rings is 1. The monoisotopic (exact) mass is 420 g/mol. The second-order valence-corrected chi connectivity index (χ2v) is 8.70. The molecule has 0 bridgehead atoms. The second-order valence-electron chi connectivity index (χ2n) is 6.48. The smallest absolute Gasteiger partial charge is 0.237 e. The Labute approximate surface area is 174 Å². The summed E-state index contributed by atoms with van der Waals surface area (Å²) in [4.78, 5) is 20.1. The average Bonchev–Trinajstić information content (AvgIpc) is 3.41. The van der Waals surface area contributed by atoms with Crippen LogP contribution in [0.1, 0.15) is 12.6 Å². The predicted octanol–water partition coefficient (Wildman–Crippen LogP) is 3.40. The van der Waals surface area contributed by atoms with Gasteiger partial charge in [-0.25, -0.2) is 15.0 Å². The molecule has 9 heteroatoms. The summed E-state index contributed by atoms with van der Waals surface area (Å²) in [6.07, 6.45) is 3.38. The highest BCUT2D eigenvalue weighted by molar-refractivity contribution is 7.99. The molecule has 1 aliphatic rings. The van der Waals surface area contributed by atoms with Gasteiger partial charge in [0.25, 0.3) is 0 Å². The highest BCUT2D eigenvalue weighted by atomic mass is 32.2. The lowest BCUT2D eigenvalue weighted by Crippen LogP contribution is -2.10. The van der Waals surface area contributed by atoms with Crippen LogP contribution in [0.25, 0.3) is 16.3 Å². The summed E-state index contributed by atoms with van der Waals surface area (Å²) in [5, 5.41) is 16.1. The third-order valence-corrected chi connectivity index (χ3v) is 6.06. The highest BCUT2D eigenvalue weighted by Crippen LogP contribution is 2.28.